The summed E-state index contributed by atoms with van der Waals surface area (Å²) in [6.07, 6.45) is -0.213. The molecule has 4 nitrogen and oxygen atoms in total. The minimum atomic E-state index is -3.67. The van der Waals surface area contributed by atoms with Gasteiger partial charge in [0.2, 0.25) is 0 Å². The van der Waals surface area contributed by atoms with Crippen LogP contribution in [0.5, 0.6) is 0 Å². The van der Waals surface area contributed by atoms with Crippen LogP contribution in [0.4, 0.5) is 17.7 Å². The number of halogens is 3. The van der Waals surface area contributed by atoms with Gasteiger partial charge in [-0.2, -0.15) is 0 Å². The van der Waals surface area contributed by atoms with Crippen LogP contribution >= 0.6 is 0 Å². The van der Waals surface area contributed by atoms with Crippen molar-refractivity contribution in [3.63, 3.8) is 0 Å². The Morgan fingerprint density at radius 1 is 1.31 bits per heavy atom. The largest absolute Gasteiger partial charge is 0.762 e. The Morgan fingerprint density at radius 3 is 2.27 bits per heavy atom. The zero-order valence-electron chi connectivity index (χ0n) is 15.5. The van der Waals surface area contributed by atoms with Gasteiger partial charge < -0.3 is 0 Å². The Balaban J connectivity index is 0.000000765. The van der Waals surface area contributed by atoms with E-state index in [0.29, 0.717) is 23.9 Å². The molecule has 0 aromatic heterocycles. The summed E-state index contributed by atoms with van der Waals surface area (Å²) in [5.74, 6) is 0.872. The number of ether oxygens (including phenoxy) is 1. The molecule has 26 heavy (non-hydrogen) atoms. The van der Waals surface area contributed by atoms with E-state index in [0.717, 1.165) is 55.5 Å². The van der Waals surface area contributed by atoms with Crippen molar-refractivity contribution < 1.29 is 22.5 Å². The number of hydrogen-bond acceptors (Lipinski definition) is 3. The number of hydrogen-bond donors (Lipinski definition) is 0. The monoisotopic (exact) mass is 392 g/mol. The molecular formula is C17H21BF3KN2O2. The minimum Gasteiger partial charge on any atom is -0.254 e. The van der Waals surface area contributed by atoms with Gasteiger partial charge in [0.1, 0.15) is 0 Å². The summed E-state index contributed by atoms with van der Waals surface area (Å²) in [5, 5.41) is 8.90. The summed E-state index contributed by atoms with van der Waals surface area (Å²) in [6, 6.07) is 9.92. The van der Waals surface area contributed by atoms with Gasteiger partial charge in [-0.05, 0) is 0 Å². The van der Waals surface area contributed by atoms with E-state index in [-0.39, 0.29) is 6.09 Å². The molecule has 0 aliphatic carbocycles. The standard InChI is InChI=1S/C17H21N2O2.BF3.K/c1-12-10-19(16(20)21-17(2,3)4)11-15(12)14-7-5-13(9-18)6-8-14;2-1(3)4;/h5-8,12,15H,1,10-11H2,2-4H3;;/t12-,15-;;/m1../s1. The molecule has 0 N–H and O–H groups in total. The zero-order valence-corrected chi connectivity index (χ0v) is 18.6. The molecule has 0 unspecified atom stereocenters. The summed E-state index contributed by atoms with van der Waals surface area (Å²) in [7, 11) is -3.67. The third-order valence-corrected chi connectivity index (χ3v) is 5.72. The third kappa shape index (κ3) is 8.01. The van der Waals surface area contributed by atoms with E-state index in [1.165, 1.54) is 6.08 Å². The van der Waals surface area contributed by atoms with Crippen LogP contribution in [0.25, 0.3) is 0 Å². The fraction of sp³-hybridized carbons (Fsp3) is 0.529. The van der Waals surface area contributed by atoms with E-state index in [1.807, 2.05) is 49.9 Å². The molecule has 1 aromatic rings. The van der Waals surface area contributed by atoms with Gasteiger partial charge in [0.15, 0.2) is 0 Å². The minimum absolute atomic E-state index is 0.213. The third-order valence-electron chi connectivity index (χ3n) is 4.09. The van der Waals surface area contributed by atoms with Crippen molar-refractivity contribution in [2.45, 2.75) is 32.8 Å². The maximum Gasteiger partial charge on any atom is 0.762 e. The van der Waals surface area contributed by atoms with E-state index in [4.69, 9.17) is 10.00 Å². The molecule has 1 aromatic carbocycles. The second-order valence-corrected chi connectivity index (χ2v) is 8.42. The topological polar surface area (TPSA) is 53.3 Å². The zero-order chi connectivity index (χ0) is 19.9. The van der Waals surface area contributed by atoms with Crippen LogP contribution in [0.15, 0.2) is 24.3 Å². The molecule has 1 heterocycles. The molecule has 0 bridgehead atoms. The predicted octanol–water partition coefficient (Wildman–Crippen LogP) is 3.98. The Bertz CT molecular complexity index is 630. The number of likely N-dealkylation sites (tertiary alicyclic amines) is 1. The average Bonchev–Trinajstić information content (AvgIpc) is 2.97. The predicted molar refractivity (Wildman–Crippen MR) is 94.8 cm³/mol. The Kier molecular flexibility index (Phi) is 9.69. The van der Waals surface area contributed by atoms with Crippen LogP contribution in [0.2, 0.25) is 0.515 Å². The summed E-state index contributed by atoms with van der Waals surface area (Å²) in [6.45, 7) is 7.17. The number of nitriles is 1. The van der Waals surface area contributed by atoms with Crippen LogP contribution in [-0.4, -0.2) is 86.2 Å². The van der Waals surface area contributed by atoms with Crippen molar-refractivity contribution in [3.05, 3.63) is 35.4 Å². The molecule has 9 heteroatoms. The summed E-state index contributed by atoms with van der Waals surface area (Å²) in [5.41, 5.74) is 1.44. The molecule has 0 saturated carbocycles. The summed E-state index contributed by atoms with van der Waals surface area (Å²) in [4.78, 5) is 14.1. The Morgan fingerprint density at radius 2 is 1.85 bits per heavy atom. The van der Waals surface area contributed by atoms with Crippen molar-refractivity contribution in [2.75, 3.05) is 13.1 Å². The van der Waals surface area contributed by atoms with E-state index in [9.17, 15) is 17.7 Å². The van der Waals surface area contributed by atoms with Crippen molar-refractivity contribution in [2.24, 2.45) is 5.92 Å². The van der Waals surface area contributed by atoms with Gasteiger partial charge in [-0.3, -0.25) is 12.9 Å². The Labute approximate surface area is 186 Å². The van der Waals surface area contributed by atoms with Crippen molar-refractivity contribution >= 4 is 62.6 Å². The van der Waals surface area contributed by atoms with Gasteiger partial charge in [-0.15, -0.1) is 0 Å². The van der Waals surface area contributed by atoms with Crippen molar-refractivity contribution in [3.8, 4) is 6.07 Å². The van der Waals surface area contributed by atoms with Gasteiger partial charge >= 0.3 is 176 Å². The molecule has 0 radical (unpaired) electrons. The van der Waals surface area contributed by atoms with Crippen LogP contribution < -0.4 is 0 Å². The molecule has 1 saturated heterocycles. The fourth-order valence-corrected chi connectivity index (χ4v) is 4.23. The number of amides is 1. The quantitative estimate of drug-likeness (QED) is 0.716. The van der Waals surface area contributed by atoms with Gasteiger partial charge in [-0.25, -0.2) is 0 Å². The second kappa shape index (κ2) is 10.7. The first-order chi connectivity index (χ1) is 12.1. The van der Waals surface area contributed by atoms with E-state index in [2.05, 4.69) is 6.07 Å². The molecule has 1 amide bonds. The molecule has 1 fully saturated rings. The Hall–Kier alpha value is -0.529. The van der Waals surface area contributed by atoms with Crippen molar-refractivity contribution in [1.82, 2.24) is 4.90 Å². The first-order valence-corrected chi connectivity index (χ1v) is 10.7. The normalized spacial score (nSPS) is 19.3. The van der Waals surface area contributed by atoms with Crippen LogP contribution in [0.1, 0.15) is 37.8 Å². The molecule has 2 atom stereocenters. The summed E-state index contributed by atoms with van der Waals surface area (Å²) < 4.78 is 35.7. The SMILES string of the molecule is CC(C)(C)OC(=O)N1C[C@@H]([CH2][K])[C@H](c2ccc(C#N)cc2)C1.FB(F)F. The first-order valence-electron chi connectivity index (χ1n) is 8.47. The first kappa shape index (κ1) is 23.5. The molecule has 136 valence electrons. The summed E-state index contributed by atoms with van der Waals surface area (Å²) >= 11 is 0.756. The van der Waals surface area contributed by atoms with Crippen LogP contribution in [0, 0.1) is 17.2 Å². The fourth-order valence-electron chi connectivity index (χ4n) is 2.94. The molecule has 1 aliphatic rings. The van der Waals surface area contributed by atoms with Gasteiger partial charge in [0.25, 0.3) is 0 Å². The van der Waals surface area contributed by atoms with Gasteiger partial charge in [-0.1, -0.05) is 0 Å². The van der Waals surface area contributed by atoms with Crippen molar-refractivity contribution in [1.29, 1.82) is 5.26 Å². The maximum absolute atomic E-state index is 12.3. The number of benzene rings is 1. The average molecular weight is 392 g/mol. The molecule has 2 rings (SSSR count). The van der Waals surface area contributed by atoms with Crippen LogP contribution in [-0.2, 0) is 4.74 Å². The molecule has 0 spiro atoms. The van der Waals surface area contributed by atoms with Gasteiger partial charge in [0, 0.05) is 0 Å². The van der Waals surface area contributed by atoms with E-state index >= 15 is 0 Å². The number of nitrogens with zero attached hydrogens (tertiary/aromatic N) is 2. The second-order valence-electron chi connectivity index (χ2n) is 7.14. The molecule has 1 aliphatic heterocycles. The smallest absolute Gasteiger partial charge is 0.254 e. The number of carbonyl (C=O) groups is 1. The van der Waals surface area contributed by atoms with E-state index in [1.54, 1.807) is 0 Å². The number of rotatable bonds is 2. The van der Waals surface area contributed by atoms with Crippen LogP contribution in [0.3, 0.4) is 0 Å². The number of carbonyl (C=O) groups excluding carboxylic acids is 1. The maximum atomic E-state index is 12.3. The van der Waals surface area contributed by atoms with Gasteiger partial charge in [0.05, 0.1) is 0 Å². The molecular weight excluding hydrogens is 371 g/mol. The van der Waals surface area contributed by atoms with E-state index < -0.39 is 13.1 Å².